The number of likely N-dealkylation sites (tertiary alicyclic amines) is 1. The molecular weight excluding hydrogens is 406 g/mol. The van der Waals surface area contributed by atoms with E-state index in [0.717, 1.165) is 38.1 Å². The Morgan fingerprint density at radius 1 is 1.06 bits per heavy atom. The van der Waals surface area contributed by atoms with Crippen LogP contribution in [0.25, 0.3) is 10.4 Å². The lowest BCUT2D eigenvalue weighted by atomic mass is 10.0. The summed E-state index contributed by atoms with van der Waals surface area (Å²) in [5, 5.41) is 10.9. The molecule has 0 radical (unpaired) electrons. The van der Waals surface area contributed by atoms with Gasteiger partial charge in [0.05, 0.1) is 0 Å². The summed E-state index contributed by atoms with van der Waals surface area (Å²) in [6.07, 6.45) is 4.13. The zero-order chi connectivity index (χ0) is 21.5. The van der Waals surface area contributed by atoms with Crippen LogP contribution in [0.15, 0.2) is 66.0 Å². The van der Waals surface area contributed by atoms with Crippen LogP contribution in [0, 0.1) is 0 Å². The molecule has 0 bridgehead atoms. The number of benzene rings is 2. The number of aliphatic carboxylic acids is 1. The van der Waals surface area contributed by atoms with Gasteiger partial charge in [-0.05, 0) is 79.0 Å². The fourth-order valence-corrected chi connectivity index (χ4v) is 4.91. The number of hydrogen-bond acceptors (Lipinski definition) is 4. The maximum absolute atomic E-state index is 10.7. The van der Waals surface area contributed by atoms with Crippen molar-refractivity contribution in [1.29, 1.82) is 0 Å². The molecule has 0 amide bonds. The first-order valence-corrected chi connectivity index (χ1v) is 11.9. The maximum Gasteiger partial charge on any atom is 0.303 e. The molecule has 2 heterocycles. The third kappa shape index (κ3) is 6.18. The van der Waals surface area contributed by atoms with E-state index in [1.165, 1.54) is 21.6 Å². The summed E-state index contributed by atoms with van der Waals surface area (Å²) in [7, 11) is 0. The summed E-state index contributed by atoms with van der Waals surface area (Å²) >= 11 is 1.77. The van der Waals surface area contributed by atoms with Gasteiger partial charge in [0.25, 0.3) is 0 Å². The largest absolute Gasteiger partial charge is 0.492 e. The van der Waals surface area contributed by atoms with E-state index in [1.54, 1.807) is 11.3 Å². The molecule has 0 spiro atoms. The fraction of sp³-hybridized carbons (Fsp3) is 0.346. The van der Waals surface area contributed by atoms with Gasteiger partial charge in [0.15, 0.2) is 0 Å². The Bertz CT molecular complexity index is 951. The van der Waals surface area contributed by atoms with Crippen LogP contribution in [0.5, 0.6) is 5.75 Å². The third-order valence-corrected chi connectivity index (χ3v) is 6.79. The molecule has 2 aromatic carbocycles. The number of ether oxygens (including phenoxy) is 1. The molecule has 162 valence electrons. The zero-order valence-corrected chi connectivity index (χ0v) is 18.5. The quantitative estimate of drug-likeness (QED) is 0.443. The number of nitrogens with zero attached hydrogens (tertiary/aromatic N) is 1. The molecule has 1 N–H and O–H groups in total. The highest BCUT2D eigenvalue weighted by molar-refractivity contribution is 7.13. The second-order valence-electron chi connectivity index (χ2n) is 8.14. The average molecular weight is 436 g/mol. The van der Waals surface area contributed by atoms with Crippen LogP contribution in [-0.4, -0.2) is 41.7 Å². The van der Waals surface area contributed by atoms with E-state index < -0.39 is 5.97 Å². The molecule has 1 atom stereocenters. The van der Waals surface area contributed by atoms with Gasteiger partial charge >= 0.3 is 5.97 Å². The molecule has 0 aliphatic carbocycles. The first-order valence-electron chi connectivity index (χ1n) is 11.0. The molecule has 1 aliphatic heterocycles. The minimum atomic E-state index is -0.717. The maximum atomic E-state index is 10.7. The van der Waals surface area contributed by atoms with Gasteiger partial charge in [0, 0.05) is 17.3 Å². The molecule has 4 rings (SSSR count). The molecule has 1 aromatic heterocycles. The Hall–Kier alpha value is -2.63. The fourth-order valence-electron chi connectivity index (χ4n) is 4.17. The van der Waals surface area contributed by atoms with Gasteiger partial charge in [-0.3, -0.25) is 9.69 Å². The van der Waals surface area contributed by atoms with Gasteiger partial charge in [0.2, 0.25) is 0 Å². The average Bonchev–Trinajstić information content (AvgIpc) is 3.46. The molecule has 0 saturated carbocycles. The smallest absolute Gasteiger partial charge is 0.303 e. The number of carboxylic acid groups (broad SMARTS) is 1. The predicted octanol–water partition coefficient (Wildman–Crippen LogP) is 5.71. The second-order valence-corrected chi connectivity index (χ2v) is 9.08. The van der Waals surface area contributed by atoms with Crippen molar-refractivity contribution in [2.24, 2.45) is 0 Å². The Labute approximate surface area is 188 Å². The highest BCUT2D eigenvalue weighted by Crippen LogP contribution is 2.25. The van der Waals surface area contributed by atoms with Crippen LogP contribution in [0.2, 0.25) is 0 Å². The minimum Gasteiger partial charge on any atom is -0.492 e. The van der Waals surface area contributed by atoms with Gasteiger partial charge in [-0.25, -0.2) is 0 Å². The summed E-state index contributed by atoms with van der Waals surface area (Å²) < 4.78 is 6.05. The molecule has 4 nitrogen and oxygen atoms in total. The molecule has 1 unspecified atom stereocenters. The first-order chi connectivity index (χ1) is 15.2. The SMILES string of the molecule is O=C(O)CCCN1CCCC1COc1ccc(Cc2ccc(-c3cccs3)cc2)cc1. The van der Waals surface area contributed by atoms with Gasteiger partial charge in [-0.15, -0.1) is 11.3 Å². The molecule has 31 heavy (non-hydrogen) atoms. The highest BCUT2D eigenvalue weighted by atomic mass is 32.1. The monoisotopic (exact) mass is 435 g/mol. The van der Waals surface area contributed by atoms with Gasteiger partial charge in [-0.2, -0.15) is 0 Å². The van der Waals surface area contributed by atoms with Crippen molar-refractivity contribution >= 4 is 17.3 Å². The van der Waals surface area contributed by atoms with E-state index >= 15 is 0 Å². The van der Waals surface area contributed by atoms with E-state index in [0.29, 0.717) is 19.1 Å². The summed E-state index contributed by atoms with van der Waals surface area (Å²) in [4.78, 5) is 14.4. The molecule has 1 aliphatic rings. The summed E-state index contributed by atoms with van der Waals surface area (Å²) in [5.41, 5.74) is 3.84. The van der Waals surface area contributed by atoms with Crippen LogP contribution < -0.4 is 4.74 Å². The Morgan fingerprint density at radius 2 is 1.81 bits per heavy atom. The summed E-state index contributed by atoms with van der Waals surface area (Å²) in [6.45, 7) is 2.54. The van der Waals surface area contributed by atoms with E-state index in [-0.39, 0.29) is 6.42 Å². The van der Waals surface area contributed by atoms with Crippen LogP contribution in [0.3, 0.4) is 0 Å². The topological polar surface area (TPSA) is 49.8 Å². The van der Waals surface area contributed by atoms with Gasteiger partial charge < -0.3 is 9.84 Å². The minimum absolute atomic E-state index is 0.238. The zero-order valence-electron chi connectivity index (χ0n) is 17.7. The predicted molar refractivity (Wildman–Crippen MR) is 126 cm³/mol. The lowest BCUT2D eigenvalue weighted by Gasteiger charge is -2.24. The lowest BCUT2D eigenvalue weighted by molar-refractivity contribution is -0.137. The molecule has 1 fully saturated rings. The summed E-state index contributed by atoms with van der Waals surface area (Å²) in [5.74, 6) is 0.180. The molecule has 1 saturated heterocycles. The Morgan fingerprint density at radius 3 is 2.48 bits per heavy atom. The van der Waals surface area contributed by atoms with Crippen molar-refractivity contribution in [1.82, 2.24) is 4.90 Å². The van der Waals surface area contributed by atoms with Gasteiger partial charge in [-0.1, -0.05) is 42.5 Å². The number of rotatable bonds is 10. The normalized spacial score (nSPS) is 16.5. The van der Waals surface area contributed by atoms with Crippen molar-refractivity contribution in [2.45, 2.75) is 38.1 Å². The van der Waals surface area contributed by atoms with Crippen LogP contribution >= 0.6 is 11.3 Å². The van der Waals surface area contributed by atoms with Crippen molar-refractivity contribution in [3.8, 4) is 16.2 Å². The molecular formula is C26H29NO3S. The van der Waals surface area contributed by atoms with Gasteiger partial charge in [0.1, 0.15) is 12.4 Å². The first kappa shape index (κ1) is 21.6. The van der Waals surface area contributed by atoms with Crippen LogP contribution in [0.1, 0.15) is 36.8 Å². The van der Waals surface area contributed by atoms with E-state index in [4.69, 9.17) is 9.84 Å². The van der Waals surface area contributed by atoms with Crippen molar-refractivity contribution < 1.29 is 14.6 Å². The summed E-state index contributed by atoms with van der Waals surface area (Å²) in [6, 6.07) is 21.8. The Kier molecular flexibility index (Phi) is 7.39. The van der Waals surface area contributed by atoms with Crippen molar-refractivity contribution in [3.63, 3.8) is 0 Å². The standard InChI is InChI=1S/C26H29NO3S/c28-26(29)6-2-16-27-15-1-4-23(27)19-30-24-13-9-21(10-14-24)18-20-7-11-22(12-8-20)25-5-3-17-31-25/h3,5,7-14,17,23H,1-2,4,6,15-16,18-19H2,(H,28,29). The Balaban J connectivity index is 1.26. The van der Waals surface area contributed by atoms with Crippen LogP contribution in [-0.2, 0) is 11.2 Å². The van der Waals surface area contributed by atoms with Crippen molar-refractivity contribution in [3.05, 3.63) is 77.2 Å². The van der Waals surface area contributed by atoms with Crippen molar-refractivity contribution in [2.75, 3.05) is 19.7 Å². The number of carboxylic acids is 1. The highest BCUT2D eigenvalue weighted by Gasteiger charge is 2.24. The second kappa shape index (κ2) is 10.6. The lowest BCUT2D eigenvalue weighted by Crippen LogP contribution is -2.35. The third-order valence-electron chi connectivity index (χ3n) is 5.87. The van der Waals surface area contributed by atoms with E-state index in [2.05, 4.69) is 70.9 Å². The number of thiophene rings is 1. The van der Waals surface area contributed by atoms with Crippen LogP contribution in [0.4, 0.5) is 0 Å². The molecule has 5 heteroatoms. The number of carbonyl (C=O) groups is 1. The van der Waals surface area contributed by atoms with E-state index in [9.17, 15) is 4.79 Å². The number of hydrogen-bond donors (Lipinski definition) is 1. The van der Waals surface area contributed by atoms with E-state index in [1.807, 2.05) is 0 Å². The molecule has 3 aromatic rings.